The minimum atomic E-state index is -4.69. The summed E-state index contributed by atoms with van der Waals surface area (Å²) in [5, 5.41) is 1.79. The van der Waals surface area contributed by atoms with E-state index in [1.54, 1.807) is 23.7 Å². The first-order valence-corrected chi connectivity index (χ1v) is 5.72. The number of hydrogen-bond donors (Lipinski definition) is 1. The van der Waals surface area contributed by atoms with Gasteiger partial charge in [-0.05, 0) is 18.4 Å². The molecule has 0 bridgehead atoms. The molecular weight excluding hydrogens is 258 g/mol. The smallest absolute Gasteiger partial charge is 0.320 e. The Morgan fingerprint density at radius 2 is 1.94 bits per heavy atom. The lowest BCUT2D eigenvalue weighted by Crippen LogP contribution is -2.41. The maximum absolute atomic E-state index is 12.7. The highest BCUT2D eigenvalue weighted by molar-refractivity contribution is 7.98. The Bertz CT molecular complexity index is 411. The minimum Gasteiger partial charge on any atom is -0.320 e. The van der Waals surface area contributed by atoms with Gasteiger partial charge in [-0.1, -0.05) is 12.1 Å². The van der Waals surface area contributed by atoms with Crippen molar-refractivity contribution in [2.24, 2.45) is 0 Å². The molecule has 0 saturated heterocycles. The van der Waals surface area contributed by atoms with Crippen LogP contribution in [0, 0.1) is 0 Å². The summed E-state index contributed by atoms with van der Waals surface area (Å²) in [5.41, 5.74) is 0.0883. The van der Waals surface area contributed by atoms with Crippen molar-refractivity contribution in [3.05, 3.63) is 24.3 Å². The van der Waals surface area contributed by atoms with Crippen LogP contribution in [0.1, 0.15) is 0 Å². The molecule has 94 valence electrons. The van der Waals surface area contributed by atoms with Gasteiger partial charge in [-0.15, -0.1) is 11.8 Å². The molecule has 1 aromatic rings. The SMILES string of the molecule is CSc1ccccc1NC(=O)C(F)(F)C(F)F. The number of anilines is 1. The summed E-state index contributed by atoms with van der Waals surface area (Å²) >= 11 is 1.21. The molecule has 0 spiro atoms. The van der Waals surface area contributed by atoms with Crippen LogP contribution in [0.3, 0.4) is 0 Å². The lowest BCUT2D eigenvalue weighted by atomic mass is 10.2. The molecule has 0 aliphatic rings. The molecule has 1 amide bonds. The molecule has 7 heteroatoms. The van der Waals surface area contributed by atoms with Crippen LogP contribution in [0.2, 0.25) is 0 Å². The van der Waals surface area contributed by atoms with Gasteiger partial charge in [0.2, 0.25) is 0 Å². The average molecular weight is 267 g/mol. The fourth-order valence-corrected chi connectivity index (χ4v) is 1.61. The normalized spacial score (nSPS) is 11.6. The molecule has 0 unspecified atom stereocenters. The largest absolute Gasteiger partial charge is 0.383 e. The third-order valence-corrected chi connectivity index (χ3v) is 2.73. The number of carbonyl (C=O) groups excluding carboxylic acids is 1. The molecule has 0 saturated carbocycles. The molecule has 0 fully saturated rings. The van der Waals surface area contributed by atoms with Crippen LogP contribution in [-0.2, 0) is 4.79 Å². The summed E-state index contributed by atoms with van der Waals surface area (Å²) in [6, 6.07) is 6.11. The molecule has 0 heterocycles. The van der Waals surface area contributed by atoms with Crippen LogP contribution in [-0.4, -0.2) is 24.5 Å². The van der Waals surface area contributed by atoms with Crippen molar-refractivity contribution in [1.82, 2.24) is 0 Å². The number of amides is 1. The predicted molar refractivity (Wildman–Crippen MR) is 57.8 cm³/mol. The number of halogens is 4. The predicted octanol–water partition coefficient (Wildman–Crippen LogP) is 3.25. The molecule has 0 radical (unpaired) electrons. The second-order valence-corrected chi connectivity index (χ2v) is 3.93. The summed E-state index contributed by atoms with van der Waals surface area (Å²) in [7, 11) is 0. The Morgan fingerprint density at radius 3 is 2.47 bits per heavy atom. The Hall–Kier alpha value is -1.24. The Morgan fingerprint density at radius 1 is 1.35 bits per heavy atom. The first kappa shape index (κ1) is 13.8. The van der Waals surface area contributed by atoms with E-state index >= 15 is 0 Å². The highest BCUT2D eigenvalue weighted by atomic mass is 32.2. The van der Waals surface area contributed by atoms with Gasteiger partial charge < -0.3 is 5.32 Å². The molecule has 0 atom stereocenters. The first-order valence-electron chi connectivity index (χ1n) is 4.50. The fourth-order valence-electron chi connectivity index (χ4n) is 1.05. The van der Waals surface area contributed by atoms with Crippen molar-refractivity contribution in [2.75, 3.05) is 11.6 Å². The van der Waals surface area contributed by atoms with Gasteiger partial charge in [0, 0.05) is 4.90 Å². The first-order chi connectivity index (χ1) is 7.89. The van der Waals surface area contributed by atoms with Crippen LogP contribution in [0.25, 0.3) is 0 Å². The summed E-state index contributed by atoms with van der Waals surface area (Å²) in [4.78, 5) is 11.5. The Kier molecular flexibility index (Phi) is 4.39. The molecule has 2 nitrogen and oxygen atoms in total. The van der Waals surface area contributed by atoms with Gasteiger partial charge in [-0.25, -0.2) is 8.78 Å². The van der Waals surface area contributed by atoms with E-state index in [1.807, 2.05) is 0 Å². The van der Waals surface area contributed by atoms with E-state index < -0.39 is 18.3 Å². The van der Waals surface area contributed by atoms with Gasteiger partial charge in [0.15, 0.2) is 0 Å². The third-order valence-electron chi connectivity index (χ3n) is 1.93. The standard InChI is InChI=1S/C10H9F4NOS/c1-17-7-5-3-2-4-6(7)15-9(16)10(13,14)8(11)12/h2-5,8H,1H3,(H,15,16). The van der Waals surface area contributed by atoms with Gasteiger partial charge in [0.25, 0.3) is 0 Å². The third kappa shape index (κ3) is 3.12. The molecule has 0 aromatic heterocycles. The summed E-state index contributed by atoms with van der Waals surface area (Å²) in [6.45, 7) is 0. The number of benzene rings is 1. The minimum absolute atomic E-state index is 0.0883. The van der Waals surface area contributed by atoms with Crippen molar-refractivity contribution in [3.8, 4) is 0 Å². The number of para-hydroxylation sites is 1. The van der Waals surface area contributed by atoms with E-state index in [9.17, 15) is 22.4 Å². The number of nitrogens with one attached hydrogen (secondary N) is 1. The summed E-state index contributed by atoms with van der Waals surface area (Å²) in [5.74, 6) is -6.69. The van der Waals surface area contributed by atoms with E-state index in [0.29, 0.717) is 4.90 Å². The van der Waals surface area contributed by atoms with Crippen LogP contribution < -0.4 is 5.32 Å². The lowest BCUT2D eigenvalue weighted by molar-refractivity contribution is -0.163. The number of alkyl halides is 4. The van der Waals surface area contributed by atoms with Gasteiger partial charge in [0.05, 0.1) is 5.69 Å². The summed E-state index contributed by atoms with van der Waals surface area (Å²) in [6.07, 6.45) is -2.35. The van der Waals surface area contributed by atoms with E-state index in [0.717, 1.165) is 0 Å². The average Bonchev–Trinajstić information content (AvgIpc) is 2.29. The van der Waals surface area contributed by atoms with Gasteiger partial charge in [0.1, 0.15) is 0 Å². The van der Waals surface area contributed by atoms with E-state index in [-0.39, 0.29) is 5.69 Å². The zero-order chi connectivity index (χ0) is 13.1. The fraction of sp³-hybridized carbons (Fsp3) is 0.300. The molecular formula is C10H9F4NOS. The molecule has 1 N–H and O–H groups in total. The van der Waals surface area contributed by atoms with Crippen molar-refractivity contribution < 1.29 is 22.4 Å². The lowest BCUT2D eigenvalue weighted by Gasteiger charge is -2.16. The van der Waals surface area contributed by atoms with Crippen molar-refractivity contribution in [2.45, 2.75) is 17.2 Å². The topological polar surface area (TPSA) is 29.1 Å². The van der Waals surface area contributed by atoms with Crippen LogP contribution in [0.4, 0.5) is 23.2 Å². The number of rotatable bonds is 4. The van der Waals surface area contributed by atoms with Crippen LogP contribution >= 0.6 is 11.8 Å². The highest BCUT2D eigenvalue weighted by Crippen LogP contribution is 2.28. The number of thioether (sulfide) groups is 1. The Labute approximate surface area is 99.4 Å². The molecule has 0 aliphatic heterocycles. The molecule has 1 rings (SSSR count). The maximum atomic E-state index is 12.7. The van der Waals surface area contributed by atoms with Gasteiger partial charge in [-0.2, -0.15) is 8.78 Å². The second-order valence-electron chi connectivity index (χ2n) is 3.08. The van der Waals surface area contributed by atoms with Gasteiger partial charge >= 0.3 is 18.3 Å². The molecule has 17 heavy (non-hydrogen) atoms. The van der Waals surface area contributed by atoms with Gasteiger partial charge in [-0.3, -0.25) is 4.79 Å². The molecule has 0 aliphatic carbocycles. The molecule has 1 aromatic carbocycles. The number of carbonyl (C=O) groups is 1. The summed E-state index contributed by atoms with van der Waals surface area (Å²) < 4.78 is 49.2. The van der Waals surface area contributed by atoms with Crippen molar-refractivity contribution in [3.63, 3.8) is 0 Å². The van der Waals surface area contributed by atoms with Crippen LogP contribution in [0.5, 0.6) is 0 Å². The van der Waals surface area contributed by atoms with Crippen molar-refractivity contribution >= 4 is 23.4 Å². The van der Waals surface area contributed by atoms with Crippen molar-refractivity contribution in [1.29, 1.82) is 0 Å². The highest BCUT2D eigenvalue weighted by Gasteiger charge is 2.49. The monoisotopic (exact) mass is 267 g/mol. The number of hydrogen-bond acceptors (Lipinski definition) is 2. The Balaban J connectivity index is 2.88. The maximum Gasteiger partial charge on any atom is 0.383 e. The van der Waals surface area contributed by atoms with Crippen LogP contribution in [0.15, 0.2) is 29.2 Å². The zero-order valence-electron chi connectivity index (χ0n) is 8.72. The van der Waals surface area contributed by atoms with E-state index in [1.165, 1.54) is 23.9 Å². The van der Waals surface area contributed by atoms with E-state index in [2.05, 4.69) is 0 Å². The zero-order valence-corrected chi connectivity index (χ0v) is 9.53. The quantitative estimate of drug-likeness (QED) is 0.670. The second kappa shape index (κ2) is 5.39. The van der Waals surface area contributed by atoms with E-state index in [4.69, 9.17) is 0 Å².